The Morgan fingerprint density at radius 2 is 1.45 bits per heavy atom. The van der Waals surface area contributed by atoms with Gasteiger partial charge in [-0.2, -0.15) is 0 Å². The quantitative estimate of drug-likeness (QED) is 0.566. The van der Waals surface area contributed by atoms with Crippen molar-refractivity contribution in [3.63, 3.8) is 0 Å². The van der Waals surface area contributed by atoms with Crippen LogP contribution in [0.3, 0.4) is 0 Å². The summed E-state index contributed by atoms with van der Waals surface area (Å²) in [5.41, 5.74) is -0.702. The van der Waals surface area contributed by atoms with E-state index in [1.165, 1.54) is 27.4 Å². The summed E-state index contributed by atoms with van der Waals surface area (Å²) in [5, 5.41) is 10.7. The predicted molar refractivity (Wildman–Crippen MR) is 107 cm³/mol. The number of rotatable bonds is 5. The first-order valence-corrected chi connectivity index (χ1v) is 9.28. The number of fused-ring (bicyclic) bond motifs is 3. The molecule has 0 saturated heterocycles. The molecule has 0 unspecified atom stereocenters. The molecule has 1 aliphatic rings. The van der Waals surface area contributed by atoms with E-state index >= 15 is 0 Å². The fourth-order valence-electron chi connectivity index (χ4n) is 4.13. The summed E-state index contributed by atoms with van der Waals surface area (Å²) in [6, 6.07) is 4.01. The lowest BCUT2D eigenvalue weighted by Gasteiger charge is -2.27. The van der Waals surface area contributed by atoms with Gasteiger partial charge in [-0.25, -0.2) is 4.39 Å². The van der Waals surface area contributed by atoms with E-state index in [1.54, 1.807) is 6.07 Å². The van der Waals surface area contributed by atoms with Crippen molar-refractivity contribution in [3.8, 4) is 34.1 Å². The molecule has 0 aliphatic heterocycles. The Bertz CT molecular complexity index is 1030. The first-order chi connectivity index (χ1) is 14.8. The minimum atomic E-state index is -1.78. The fourth-order valence-corrected chi connectivity index (χ4v) is 4.13. The van der Waals surface area contributed by atoms with Gasteiger partial charge in [0.1, 0.15) is 0 Å². The Balaban J connectivity index is 2.51. The van der Waals surface area contributed by atoms with Gasteiger partial charge >= 0.3 is 11.9 Å². The van der Waals surface area contributed by atoms with Crippen LogP contribution in [0, 0.1) is 11.2 Å². The van der Waals surface area contributed by atoms with Crippen molar-refractivity contribution in [3.05, 3.63) is 35.1 Å². The topological polar surface area (TPSA) is 101 Å². The fraction of sp³-hybridized carbons (Fsp3) is 0.364. The summed E-state index contributed by atoms with van der Waals surface area (Å²) < 4.78 is 40.7. The van der Waals surface area contributed by atoms with Gasteiger partial charge in [0.15, 0.2) is 28.5 Å². The molecule has 8 nitrogen and oxygen atoms in total. The van der Waals surface area contributed by atoms with Crippen LogP contribution in [0.15, 0.2) is 18.2 Å². The molecule has 0 bridgehead atoms. The summed E-state index contributed by atoms with van der Waals surface area (Å²) in [5.74, 6) is -2.53. The van der Waals surface area contributed by atoms with Crippen molar-refractivity contribution in [2.75, 3.05) is 35.5 Å². The zero-order valence-corrected chi connectivity index (χ0v) is 17.8. The molecule has 0 aromatic heterocycles. The third-order valence-electron chi connectivity index (χ3n) is 5.51. The molecule has 0 radical (unpaired) electrons. The molecule has 31 heavy (non-hydrogen) atoms. The number of methoxy groups -OCH3 is 5. The zero-order valence-electron chi connectivity index (χ0n) is 17.8. The van der Waals surface area contributed by atoms with Crippen LogP contribution in [0.2, 0.25) is 0 Å². The van der Waals surface area contributed by atoms with E-state index < -0.39 is 28.9 Å². The van der Waals surface area contributed by atoms with Gasteiger partial charge in [-0.3, -0.25) is 9.59 Å². The molecule has 2 aromatic carbocycles. The van der Waals surface area contributed by atoms with E-state index in [2.05, 4.69) is 0 Å². The van der Waals surface area contributed by atoms with Gasteiger partial charge in [0, 0.05) is 24.0 Å². The number of aromatic hydroxyl groups is 1. The molecule has 1 N–H and O–H groups in total. The molecule has 0 amide bonds. The molecule has 2 aromatic rings. The lowest BCUT2D eigenvalue weighted by atomic mass is 9.77. The van der Waals surface area contributed by atoms with Crippen LogP contribution >= 0.6 is 0 Å². The molecule has 0 saturated carbocycles. The predicted octanol–water partition coefficient (Wildman–Crippen LogP) is 2.66. The van der Waals surface area contributed by atoms with Gasteiger partial charge in [0.2, 0.25) is 5.75 Å². The Labute approximate surface area is 178 Å². The van der Waals surface area contributed by atoms with E-state index in [1.807, 2.05) is 0 Å². The second kappa shape index (κ2) is 8.33. The van der Waals surface area contributed by atoms with Crippen molar-refractivity contribution in [1.82, 2.24) is 0 Å². The Morgan fingerprint density at radius 1 is 0.871 bits per heavy atom. The molecule has 0 spiro atoms. The number of hydrogen-bond acceptors (Lipinski definition) is 8. The van der Waals surface area contributed by atoms with Crippen molar-refractivity contribution in [1.29, 1.82) is 0 Å². The second-order valence-corrected chi connectivity index (χ2v) is 7.03. The molecular formula is C22H23FO8. The number of ether oxygens (including phenoxy) is 5. The number of benzene rings is 2. The largest absolute Gasteiger partial charge is 0.504 e. The highest BCUT2D eigenvalue weighted by molar-refractivity contribution is 6.02. The Morgan fingerprint density at radius 3 is 1.97 bits per heavy atom. The van der Waals surface area contributed by atoms with Crippen LogP contribution in [0.4, 0.5) is 4.39 Å². The monoisotopic (exact) mass is 434 g/mol. The number of phenolic OH excluding ortho intramolecular Hbond substituents is 1. The first-order valence-electron chi connectivity index (χ1n) is 9.28. The van der Waals surface area contributed by atoms with Gasteiger partial charge in [0.05, 0.1) is 35.5 Å². The van der Waals surface area contributed by atoms with Crippen molar-refractivity contribution >= 4 is 11.9 Å². The average molecular weight is 434 g/mol. The lowest BCUT2D eigenvalue weighted by Crippen LogP contribution is -2.44. The van der Waals surface area contributed by atoms with Gasteiger partial charge in [-0.15, -0.1) is 0 Å². The van der Waals surface area contributed by atoms with Gasteiger partial charge < -0.3 is 28.8 Å². The summed E-state index contributed by atoms with van der Waals surface area (Å²) in [4.78, 5) is 25.8. The normalized spacial score (nSPS) is 13.9. The highest BCUT2D eigenvalue weighted by Gasteiger charge is 2.51. The summed E-state index contributed by atoms with van der Waals surface area (Å²) in [7, 11) is 6.53. The van der Waals surface area contributed by atoms with Crippen molar-refractivity contribution < 1.29 is 42.8 Å². The molecule has 3 rings (SSSR count). The van der Waals surface area contributed by atoms with Crippen molar-refractivity contribution in [2.45, 2.75) is 12.8 Å². The van der Waals surface area contributed by atoms with Gasteiger partial charge in [-0.05, 0) is 23.3 Å². The van der Waals surface area contributed by atoms with Gasteiger partial charge in [0.25, 0.3) is 0 Å². The number of hydrogen-bond donors (Lipinski definition) is 1. The third kappa shape index (κ3) is 3.30. The first kappa shape index (κ1) is 22.2. The maximum Gasteiger partial charge on any atom is 0.323 e. The van der Waals surface area contributed by atoms with E-state index in [9.17, 15) is 19.1 Å². The number of phenols is 1. The van der Waals surface area contributed by atoms with E-state index in [-0.39, 0.29) is 41.2 Å². The van der Waals surface area contributed by atoms with Crippen LogP contribution in [0.25, 0.3) is 11.1 Å². The standard InChI is InChI=1S/C22H23FO8/c1-27-14-8-12-10-22(20(25)30-4,21(26)31-5)9-11-6-7-13(23)17(24)15(11)16(12)19(29-3)18(14)28-2/h6-8,24H,9-10H2,1-5H3. The van der Waals surface area contributed by atoms with Crippen LogP contribution in [0.1, 0.15) is 11.1 Å². The molecule has 0 atom stereocenters. The van der Waals surface area contributed by atoms with E-state index in [4.69, 9.17) is 23.7 Å². The zero-order chi connectivity index (χ0) is 22.9. The highest BCUT2D eigenvalue weighted by atomic mass is 19.1. The minimum Gasteiger partial charge on any atom is -0.504 e. The third-order valence-corrected chi connectivity index (χ3v) is 5.51. The van der Waals surface area contributed by atoms with Crippen LogP contribution < -0.4 is 14.2 Å². The highest BCUT2D eigenvalue weighted by Crippen LogP contribution is 2.54. The van der Waals surface area contributed by atoms with Crippen LogP contribution in [0.5, 0.6) is 23.0 Å². The Kier molecular flexibility index (Phi) is 5.97. The average Bonchev–Trinajstić information content (AvgIpc) is 2.94. The smallest absolute Gasteiger partial charge is 0.323 e. The molecular weight excluding hydrogens is 411 g/mol. The number of carbonyl (C=O) groups is 2. The lowest BCUT2D eigenvalue weighted by molar-refractivity contribution is -0.169. The maximum atomic E-state index is 14.4. The maximum absolute atomic E-state index is 14.4. The van der Waals surface area contributed by atoms with Crippen molar-refractivity contribution in [2.24, 2.45) is 5.41 Å². The van der Waals surface area contributed by atoms with E-state index in [0.29, 0.717) is 11.1 Å². The number of halogens is 1. The van der Waals surface area contributed by atoms with Crippen LogP contribution in [-0.4, -0.2) is 52.6 Å². The summed E-state index contributed by atoms with van der Waals surface area (Å²) in [6.07, 6.45) is -0.369. The summed E-state index contributed by atoms with van der Waals surface area (Å²) >= 11 is 0. The Hall–Kier alpha value is -3.49. The molecule has 1 aliphatic carbocycles. The van der Waals surface area contributed by atoms with Crippen LogP contribution in [-0.2, 0) is 31.9 Å². The summed E-state index contributed by atoms with van der Waals surface area (Å²) in [6.45, 7) is 0. The number of carbonyl (C=O) groups excluding carboxylic acids is 2. The minimum absolute atomic E-state index is 0.0856. The SMILES string of the molecule is COC(=O)C1(C(=O)OC)Cc2ccc(F)c(O)c2-c2c(cc(OC)c(OC)c2OC)C1. The number of esters is 2. The van der Waals surface area contributed by atoms with Gasteiger partial charge in [-0.1, -0.05) is 6.07 Å². The molecule has 0 fully saturated rings. The van der Waals surface area contributed by atoms with E-state index in [0.717, 1.165) is 20.3 Å². The molecule has 0 heterocycles. The molecule has 166 valence electrons. The molecule has 9 heteroatoms. The second-order valence-electron chi connectivity index (χ2n) is 7.03.